The first-order valence-corrected chi connectivity index (χ1v) is 3.39. The first-order chi connectivity index (χ1) is 6.07. The highest BCUT2D eigenvalue weighted by molar-refractivity contribution is 5.52. The third-order valence-electron chi connectivity index (χ3n) is 1.60. The molecule has 0 unspecified atom stereocenters. The Morgan fingerprint density at radius 3 is 2.62 bits per heavy atom. The Morgan fingerprint density at radius 2 is 2.15 bits per heavy atom. The van der Waals surface area contributed by atoms with Crippen molar-refractivity contribution >= 4 is 5.69 Å². The van der Waals surface area contributed by atoms with Crippen molar-refractivity contribution in [2.45, 2.75) is 13.0 Å². The predicted octanol–water partition coefficient (Wildman–Crippen LogP) is 1.23. The number of hydrogen-bond donors (Lipinski definition) is 2. The van der Waals surface area contributed by atoms with Gasteiger partial charge in [-0.05, 0) is 0 Å². The largest absolute Gasteiger partial charge is 0.398 e. The second-order valence-corrected chi connectivity index (χ2v) is 2.36. The Labute approximate surface area is 72.0 Å². The molecular formula is C7H7F3N2O. The van der Waals surface area contributed by atoms with Crippen LogP contribution in [-0.4, -0.2) is 10.1 Å². The average molecular weight is 192 g/mol. The molecule has 0 spiro atoms. The van der Waals surface area contributed by atoms with E-state index in [4.69, 9.17) is 10.8 Å². The maximum Gasteiger partial charge on any atom is 0.267 e. The standard InChI is InChI=1S/C7H7F3N2O/c8-6(9)3-1-12-7(10)4(2-13)5(3)11/h1,6,13H,2H2,(H2,11,12). The summed E-state index contributed by atoms with van der Waals surface area (Å²) in [5.74, 6) is -1.02. The second kappa shape index (κ2) is 3.61. The van der Waals surface area contributed by atoms with Crippen LogP contribution in [0.5, 0.6) is 0 Å². The number of rotatable bonds is 2. The van der Waals surface area contributed by atoms with Gasteiger partial charge < -0.3 is 10.8 Å². The van der Waals surface area contributed by atoms with E-state index in [1.807, 2.05) is 0 Å². The lowest BCUT2D eigenvalue weighted by Gasteiger charge is -2.08. The molecule has 1 heterocycles. The van der Waals surface area contributed by atoms with Crippen LogP contribution < -0.4 is 5.73 Å². The van der Waals surface area contributed by atoms with Gasteiger partial charge in [0.2, 0.25) is 5.95 Å². The molecule has 3 nitrogen and oxygen atoms in total. The minimum atomic E-state index is -2.82. The molecule has 0 bridgehead atoms. The SMILES string of the molecule is Nc1c(C(F)F)cnc(F)c1CO. The fourth-order valence-electron chi connectivity index (χ4n) is 0.883. The number of aliphatic hydroxyl groups excluding tert-OH is 1. The van der Waals surface area contributed by atoms with Gasteiger partial charge in [-0.15, -0.1) is 0 Å². The van der Waals surface area contributed by atoms with Crippen molar-refractivity contribution in [3.8, 4) is 0 Å². The fourth-order valence-corrected chi connectivity index (χ4v) is 0.883. The second-order valence-electron chi connectivity index (χ2n) is 2.36. The number of pyridine rings is 1. The molecular weight excluding hydrogens is 185 g/mol. The number of aromatic nitrogens is 1. The van der Waals surface area contributed by atoms with E-state index in [0.717, 1.165) is 0 Å². The van der Waals surface area contributed by atoms with E-state index < -0.39 is 35.8 Å². The molecule has 0 fully saturated rings. The maximum atomic E-state index is 12.7. The highest BCUT2D eigenvalue weighted by Gasteiger charge is 2.17. The number of hydrogen-bond acceptors (Lipinski definition) is 3. The summed E-state index contributed by atoms with van der Waals surface area (Å²) in [6.07, 6.45) is -2.16. The molecule has 0 aliphatic heterocycles. The zero-order valence-electron chi connectivity index (χ0n) is 6.47. The lowest BCUT2D eigenvalue weighted by atomic mass is 10.1. The molecule has 6 heteroatoms. The molecule has 0 atom stereocenters. The van der Waals surface area contributed by atoms with E-state index in [1.165, 1.54) is 0 Å². The van der Waals surface area contributed by atoms with Gasteiger partial charge in [0, 0.05) is 6.20 Å². The van der Waals surface area contributed by atoms with Crippen molar-refractivity contribution in [1.29, 1.82) is 0 Å². The van der Waals surface area contributed by atoms with E-state index in [0.29, 0.717) is 6.20 Å². The lowest BCUT2D eigenvalue weighted by molar-refractivity contribution is 0.151. The Hall–Kier alpha value is -1.30. The van der Waals surface area contributed by atoms with E-state index in [1.54, 1.807) is 0 Å². The Kier molecular flexibility index (Phi) is 2.72. The predicted molar refractivity (Wildman–Crippen MR) is 39.5 cm³/mol. The van der Waals surface area contributed by atoms with Crippen LogP contribution >= 0.6 is 0 Å². The number of aliphatic hydroxyl groups is 1. The fraction of sp³-hybridized carbons (Fsp3) is 0.286. The van der Waals surface area contributed by atoms with Crippen LogP contribution in [0.25, 0.3) is 0 Å². The van der Waals surface area contributed by atoms with E-state index in [-0.39, 0.29) is 0 Å². The first kappa shape index (κ1) is 9.79. The third-order valence-corrected chi connectivity index (χ3v) is 1.60. The molecule has 0 aromatic carbocycles. The summed E-state index contributed by atoms with van der Waals surface area (Å²) in [7, 11) is 0. The summed E-state index contributed by atoms with van der Waals surface area (Å²) in [5.41, 5.74) is 3.78. The minimum absolute atomic E-state index is 0.391. The lowest BCUT2D eigenvalue weighted by Crippen LogP contribution is -2.05. The number of halogens is 3. The summed E-state index contributed by atoms with van der Waals surface area (Å²) in [6.45, 7) is -0.745. The van der Waals surface area contributed by atoms with Crippen molar-refractivity contribution in [2.24, 2.45) is 0 Å². The summed E-state index contributed by atoms with van der Waals surface area (Å²) in [5, 5.41) is 8.60. The molecule has 0 aliphatic rings. The van der Waals surface area contributed by atoms with Crippen LogP contribution in [0.2, 0.25) is 0 Å². The van der Waals surface area contributed by atoms with Gasteiger partial charge in [-0.25, -0.2) is 13.8 Å². The van der Waals surface area contributed by atoms with Crippen LogP contribution in [0.4, 0.5) is 18.9 Å². The molecule has 0 saturated heterocycles. The Balaban J connectivity index is 3.27. The molecule has 72 valence electrons. The molecule has 0 radical (unpaired) electrons. The smallest absolute Gasteiger partial charge is 0.267 e. The van der Waals surface area contributed by atoms with Gasteiger partial charge in [0.15, 0.2) is 0 Å². The summed E-state index contributed by atoms with van der Waals surface area (Å²) < 4.78 is 37.0. The van der Waals surface area contributed by atoms with Gasteiger partial charge in [-0.2, -0.15) is 4.39 Å². The number of nitrogens with zero attached hydrogens (tertiary/aromatic N) is 1. The number of alkyl halides is 2. The first-order valence-electron chi connectivity index (χ1n) is 3.39. The molecule has 1 aromatic rings. The number of anilines is 1. The third kappa shape index (κ3) is 1.72. The van der Waals surface area contributed by atoms with Gasteiger partial charge in [-0.1, -0.05) is 0 Å². The summed E-state index contributed by atoms with van der Waals surface area (Å²) in [6, 6.07) is 0. The van der Waals surface area contributed by atoms with Crippen LogP contribution in [0.3, 0.4) is 0 Å². The molecule has 1 rings (SSSR count). The highest BCUT2D eigenvalue weighted by Crippen LogP contribution is 2.27. The van der Waals surface area contributed by atoms with Crippen LogP contribution in [-0.2, 0) is 6.61 Å². The average Bonchev–Trinajstić information content (AvgIpc) is 2.04. The summed E-state index contributed by atoms with van der Waals surface area (Å²) >= 11 is 0. The number of nitrogen functional groups attached to an aromatic ring is 1. The monoisotopic (exact) mass is 192 g/mol. The van der Waals surface area contributed by atoms with Crippen molar-refractivity contribution in [1.82, 2.24) is 4.98 Å². The van der Waals surface area contributed by atoms with Crippen molar-refractivity contribution in [3.63, 3.8) is 0 Å². The van der Waals surface area contributed by atoms with Crippen LogP contribution in [0.1, 0.15) is 17.6 Å². The molecule has 1 aromatic heterocycles. The maximum absolute atomic E-state index is 12.7. The Morgan fingerprint density at radius 1 is 1.54 bits per heavy atom. The topological polar surface area (TPSA) is 59.1 Å². The van der Waals surface area contributed by atoms with Gasteiger partial charge in [0.1, 0.15) is 0 Å². The minimum Gasteiger partial charge on any atom is -0.398 e. The van der Waals surface area contributed by atoms with E-state index in [9.17, 15) is 13.2 Å². The van der Waals surface area contributed by atoms with Crippen molar-refractivity contribution in [2.75, 3.05) is 5.73 Å². The van der Waals surface area contributed by atoms with Crippen molar-refractivity contribution < 1.29 is 18.3 Å². The van der Waals surface area contributed by atoms with Crippen LogP contribution in [0, 0.1) is 5.95 Å². The Bertz CT molecular complexity index is 317. The zero-order valence-corrected chi connectivity index (χ0v) is 6.47. The van der Waals surface area contributed by atoms with E-state index >= 15 is 0 Å². The molecule has 3 N–H and O–H groups in total. The quantitative estimate of drug-likeness (QED) is 0.693. The van der Waals surface area contributed by atoms with Gasteiger partial charge in [0.25, 0.3) is 6.43 Å². The molecule has 0 saturated carbocycles. The zero-order chi connectivity index (χ0) is 10.0. The molecule has 0 aliphatic carbocycles. The van der Waals surface area contributed by atoms with Gasteiger partial charge >= 0.3 is 0 Å². The summed E-state index contributed by atoms with van der Waals surface area (Å²) in [4.78, 5) is 3.05. The molecule has 0 amide bonds. The van der Waals surface area contributed by atoms with Gasteiger partial charge in [0.05, 0.1) is 23.4 Å². The van der Waals surface area contributed by atoms with Crippen molar-refractivity contribution in [3.05, 3.63) is 23.3 Å². The number of nitrogens with two attached hydrogens (primary N) is 1. The van der Waals surface area contributed by atoms with E-state index in [2.05, 4.69) is 4.98 Å². The van der Waals surface area contributed by atoms with Gasteiger partial charge in [-0.3, -0.25) is 0 Å². The van der Waals surface area contributed by atoms with Crippen LogP contribution in [0.15, 0.2) is 6.20 Å². The normalized spacial score (nSPS) is 10.8. The highest BCUT2D eigenvalue weighted by atomic mass is 19.3. The molecule has 13 heavy (non-hydrogen) atoms.